The van der Waals surface area contributed by atoms with Gasteiger partial charge in [0, 0.05) is 12.5 Å². The Bertz CT molecular complexity index is 1030. The van der Waals surface area contributed by atoms with Crippen LogP contribution in [0.1, 0.15) is 43.7 Å². The lowest BCUT2D eigenvalue weighted by Gasteiger charge is -2.22. The first kappa shape index (κ1) is 22.6. The fourth-order valence-electron chi connectivity index (χ4n) is 3.60. The minimum atomic E-state index is -0.857. The smallest absolute Gasteiger partial charge is 0.287 e. The number of para-hydroxylation sites is 1. The molecule has 1 unspecified atom stereocenters. The molecule has 1 aliphatic heterocycles. The molecule has 4 N–H and O–H groups in total. The summed E-state index contributed by atoms with van der Waals surface area (Å²) in [6, 6.07) is 5.53. The summed E-state index contributed by atoms with van der Waals surface area (Å²) >= 11 is 6.12. The van der Waals surface area contributed by atoms with E-state index in [0.29, 0.717) is 35.4 Å². The molecule has 2 heterocycles. The predicted molar refractivity (Wildman–Crippen MR) is 115 cm³/mol. The van der Waals surface area contributed by atoms with E-state index in [4.69, 9.17) is 11.6 Å². The van der Waals surface area contributed by atoms with E-state index in [0.717, 1.165) is 0 Å². The third-order valence-electron chi connectivity index (χ3n) is 5.16. The zero-order chi connectivity index (χ0) is 22.5. The van der Waals surface area contributed by atoms with E-state index in [1.165, 1.54) is 0 Å². The molecule has 9 nitrogen and oxygen atoms in total. The highest BCUT2D eigenvalue weighted by molar-refractivity contribution is 6.35. The zero-order valence-electron chi connectivity index (χ0n) is 17.4. The van der Waals surface area contributed by atoms with Crippen molar-refractivity contribution >= 4 is 40.4 Å². The van der Waals surface area contributed by atoms with Gasteiger partial charge in [-0.25, -0.2) is 4.98 Å². The van der Waals surface area contributed by atoms with Crippen molar-refractivity contribution in [3.8, 4) is 6.07 Å². The molecule has 10 heteroatoms. The molecule has 0 bridgehead atoms. The number of carbonyl (C=O) groups excluding carboxylic acids is 3. The molecule has 1 fully saturated rings. The van der Waals surface area contributed by atoms with Crippen LogP contribution in [0.15, 0.2) is 18.2 Å². The number of aromatic amines is 1. The Morgan fingerprint density at radius 3 is 2.74 bits per heavy atom. The van der Waals surface area contributed by atoms with E-state index >= 15 is 0 Å². The molecule has 3 amide bonds. The largest absolute Gasteiger partial charge is 0.356 e. The van der Waals surface area contributed by atoms with Crippen molar-refractivity contribution in [2.24, 2.45) is 11.8 Å². The molecule has 2 aromatic rings. The van der Waals surface area contributed by atoms with Gasteiger partial charge in [0.1, 0.15) is 17.6 Å². The monoisotopic (exact) mass is 444 g/mol. The highest BCUT2D eigenvalue weighted by Crippen LogP contribution is 2.21. The number of halogens is 1. The van der Waals surface area contributed by atoms with Crippen molar-refractivity contribution in [2.75, 3.05) is 6.54 Å². The van der Waals surface area contributed by atoms with Crippen molar-refractivity contribution in [3.63, 3.8) is 0 Å². The van der Waals surface area contributed by atoms with Crippen LogP contribution in [0.25, 0.3) is 11.0 Å². The fraction of sp³-hybridized carbons (Fsp3) is 0.476. The molecule has 31 heavy (non-hydrogen) atoms. The second-order valence-corrected chi connectivity index (χ2v) is 8.49. The van der Waals surface area contributed by atoms with Crippen molar-refractivity contribution in [1.29, 1.82) is 5.26 Å². The standard InChI is InChI=1S/C21H25ClN6O3/c1-11(2)8-16(20(30)25-13(10-23)9-12-6-7-24-19(12)29)27-21(31)18-26-15-5-3-4-14(22)17(15)28-18/h3-5,11-13,16H,6-9H2,1-2H3,(H,24,29)(H,25,30)(H,26,28)(H,27,31)/t12?,13-,16-/m0/s1. The number of benzene rings is 1. The summed E-state index contributed by atoms with van der Waals surface area (Å²) in [6.07, 6.45) is 1.24. The number of hydrogen-bond donors (Lipinski definition) is 4. The molecule has 164 valence electrons. The lowest BCUT2D eigenvalue weighted by molar-refractivity contribution is -0.125. The number of carbonyl (C=O) groups is 3. The summed E-state index contributed by atoms with van der Waals surface area (Å²) in [5.74, 6) is -1.27. The number of fused-ring (bicyclic) bond motifs is 1. The molecule has 0 aliphatic carbocycles. The van der Waals surface area contributed by atoms with Gasteiger partial charge in [-0.05, 0) is 37.3 Å². The number of rotatable bonds is 8. The number of hydrogen-bond acceptors (Lipinski definition) is 5. The maximum atomic E-state index is 12.9. The summed E-state index contributed by atoms with van der Waals surface area (Å²) in [5, 5.41) is 17.9. The Labute approximate surface area is 184 Å². The Morgan fingerprint density at radius 1 is 1.35 bits per heavy atom. The van der Waals surface area contributed by atoms with Crippen LogP contribution in [0.5, 0.6) is 0 Å². The molecule has 1 aromatic carbocycles. The van der Waals surface area contributed by atoms with Crippen LogP contribution < -0.4 is 16.0 Å². The average molecular weight is 445 g/mol. The van der Waals surface area contributed by atoms with Gasteiger partial charge in [-0.3, -0.25) is 14.4 Å². The Morgan fingerprint density at radius 2 is 2.13 bits per heavy atom. The van der Waals surface area contributed by atoms with Crippen LogP contribution in [0, 0.1) is 23.2 Å². The van der Waals surface area contributed by atoms with E-state index < -0.39 is 23.9 Å². The maximum Gasteiger partial charge on any atom is 0.287 e. The van der Waals surface area contributed by atoms with Crippen LogP contribution in [0.4, 0.5) is 0 Å². The third kappa shape index (κ3) is 5.52. The van der Waals surface area contributed by atoms with E-state index in [-0.39, 0.29) is 30.0 Å². The Hall–Kier alpha value is -3.12. The average Bonchev–Trinajstić information content (AvgIpc) is 3.33. The molecular formula is C21H25ClN6O3. The van der Waals surface area contributed by atoms with E-state index in [1.54, 1.807) is 18.2 Å². The van der Waals surface area contributed by atoms with Crippen LogP contribution >= 0.6 is 11.6 Å². The highest BCUT2D eigenvalue weighted by atomic mass is 35.5. The number of nitriles is 1. The zero-order valence-corrected chi connectivity index (χ0v) is 18.1. The summed E-state index contributed by atoms with van der Waals surface area (Å²) in [4.78, 5) is 44.5. The minimum Gasteiger partial charge on any atom is -0.356 e. The van der Waals surface area contributed by atoms with E-state index in [1.807, 2.05) is 19.9 Å². The third-order valence-corrected chi connectivity index (χ3v) is 5.47. The summed E-state index contributed by atoms with van der Waals surface area (Å²) in [5.41, 5.74) is 1.08. The van der Waals surface area contributed by atoms with Gasteiger partial charge in [0.15, 0.2) is 5.82 Å². The van der Waals surface area contributed by atoms with Crippen molar-refractivity contribution in [2.45, 2.75) is 45.2 Å². The van der Waals surface area contributed by atoms with Crippen molar-refractivity contribution < 1.29 is 14.4 Å². The first-order valence-corrected chi connectivity index (χ1v) is 10.6. The summed E-state index contributed by atoms with van der Waals surface area (Å²) < 4.78 is 0. The number of nitrogens with zero attached hydrogens (tertiary/aromatic N) is 2. The Kier molecular flexibility index (Phi) is 7.13. The summed E-state index contributed by atoms with van der Waals surface area (Å²) in [6.45, 7) is 4.43. The van der Waals surface area contributed by atoms with Gasteiger partial charge in [0.25, 0.3) is 5.91 Å². The van der Waals surface area contributed by atoms with Gasteiger partial charge < -0.3 is 20.9 Å². The number of aromatic nitrogens is 2. The number of amides is 3. The lowest BCUT2D eigenvalue weighted by Crippen LogP contribution is -2.50. The van der Waals surface area contributed by atoms with Gasteiger partial charge in [0.2, 0.25) is 11.8 Å². The predicted octanol–water partition coefficient (Wildman–Crippen LogP) is 1.90. The summed E-state index contributed by atoms with van der Waals surface area (Å²) in [7, 11) is 0. The number of imidazole rings is 1. The van der Waals surface area contributed by atoms with Gasteiger partial charge in [-0.1, -0.05) is 31.5 Å². The highest BCUT2D eigenvalue weighted by Gasteiger charge is 2.30. The van der Waals surface area contributed by atoms with Crippen LogP contribution in [0.3, 0.4) is 0 Å². The molecule has 0 spiro atoms. The molecular weight excluding hydrogens is 420 g/mol. The lowest BCUT2D eigenvalue weighted by atomic mass is 9.98. The SMILES string of the molecule is CC(C)C[C@H](NC(=O)c1nc2c(Cl)cccc2[nH]1)C(=O)N[C@H](C#N)CC1CCNC1=O. The fourth-order valence-corrected chi connectivity index (χ4v) is 3.82. The van der Waals surface area contributed by atoms with Gasteiger partial charge in [0.05, 0.1) is 16.6 Å². The Balaban J connectivity index is 1.70. The molecule has 1 aromatic heterocycles. The van der Waals surface area contributed by atoms with Crippen LogP contribution in [-0.4, -0.2) is 46.3 Å². The number of nitrogens with one attached hydrogen (secondary N) is 4. The quantitative estimate of drug-likeness (QED) is 0.492. The van der Waals surface area contributed by atoms with Gasteiger partial charge >= 0.3 is 0 Å². The molecule has 0 saturated carbocycles. The second-order valence-electron chi connectivity index (χ2n) is 8.08. The first-order chi connectivity index (χ1) is 14.8. The van der Waals surface area contributed by atoms with Crippen molar-refractivity contribution in [3.05, 3.63) is 29.0 Å². The van der Waals surface area contributed by atoms with Crippen LogP contribution in [-0.2, 0) is 9.59 Å². The normalized spacial score (nSPS) is 17.8. The molecule has 1 saturated heterocycles. The number of H-pyrrole nitrogens is 1. The van der Waals surface area contributed by atoms with E-state index in [2.05, 4.69) is 25.9 Å². The van der Waals surface area contributed by atoms with Gasteiger partial charge in [-0.15, -0.1) is 0 Å². The van der Waals surface area contributed by atoms with Crippen LogP contribution in [0.2, 0.25) is 5.02 Å². The topological polar surface area (TPSA) is 140 Å². The molecule has 3 atom stereocenters. The first-order valence-electron chi connectivity index (χ1n) is 10.2. The molecule has 1 aliphatic rings. The van der Waals surface area contributed by atoms with Crippen molar-refractivity contribution in [1.82, 2.24) is 25.9 Å². The molecule has 3 rings (SSSR count). The maximum absolute atomic E-state index is 12.9. The second kappa shape index (κ2) is 9.79. The molecule has 0 radical (unpaired) electrons. The minimum absolute atomic E-state index is 0.0455. The van der Waals surface area contributed by atoms with E-state index in [9.17, 15) is 19.6 Å². The van der Waals surface area contributed by atoms with Gasteiger partial charge in [-0.2, -0.15) is 5.26 Å².